The third kappa shape index (κ3) is 2.25. The molecule has 104 valence electrons. The van der Waals surface area contributed by atoms with Crippen LogP contribution in [0.2, 0.25) is 0 Å². The van der Waals surface area contributed by atoms with Gasteiger partial charge in [-0.3, -0.25) is 9.89 Å². The van der Waals surface area contributed by atoms with Crippen LogP contribution in [0, 0.1) is 5.82 Å². The first-order valence-electron chi connectivity index (χ1n) is 5.60. The van der Waals surface area contributed by atoms with E-state index < -0.39 is 22.9 Å². The number of methoxy groups -OCH3 is 2. The van der Waals surface area contributed by atoms with Crippen LogP contribution in [0.25, 0.3) is 11.3 Å². The molecule has 1 aromatic heterocycles. The van der Waals surface area contributed by atoms with E-state index in [0.29, 0.717) is 0 Å². The molecule has 0 amide bonds. The summed E-state index contributed by atoms with van der Waals surface area (Å²) in [4.78, 5) is 23.5. The van der Waals surface area contributed by atoms with Gasteiger partial charge in [0.05, 0.1) is 14.2 Å². The van der Waals surface area contributed by atoms with Gasteiger partial charge in [0.1, 0.15) is 11.5 Å². The molecule has 7 heteroatoms. The van der Waals surface area contributed by atoms with Crippen LogP contribution in [0.3, 0.4) is 0 Å². The fourth-order valence-corrected chi connectivity index (χ4v) is 1.71. The Morgan fingerprint density at radius 2 is 2.00 bits per heavy atom. The molecule has 0 saturated carbocycles. The maximum absolute atomic E-state index is 13.8. The summed E-state index contributed by atoms with van der Waals surface area (Å²) in [5.74, 6) is -1.65. The predicted molar refractivity (Wildman–Crippen MR) is 68.1 cm³/mol. The minimum Gasteiger partial charge on any atom is -0.491 e. The van der Waals surface area contributed by atoms with E-state index in [0.717, 1.165) is 7.11 Å². The van der Waals surface area contributed by atoms with Crippen molar-refractivity contribution in [2.75, 3.05) is 14.2 Å². The standard InChI is InChI=1S/C13H11FN2O4/c1-19-12-9(7-5-3-4-6-8(7)14)15-16-10(11(12)17)13(18)20-2/h3-6H,1-2H3,(H,15,17). The second-order valence-electron chi connectivity index (χ2n) is 3.78. The molecule has 0 bridgehead atoms. The van der Waals surface area contributed by atoms with Gasteiger partial charge in [-0.2, -0.15) is 5.10 Å². The van der Waals surface area contributed by atoms with Crippen molar-refractivity contribution >= 4 is 5.97 Å². The molecule has 0 unspecified atom stereocenters. The number of halogens is 1. The van der Waals surface area contributed by atoms with Crippen molar-refractivity contribution in [1.82, 2.24) is 10.2 Å². The number of hydrogen-bond donors (Lipinski definition) is 1. The molecule has 1 aromatic carbocycles. The minimum absolute atomic E-state index is 0.0586. The first kappa shape index (κ1) is 13.7. The van der Waals surface area contributed by atoms with Crippen LogP contribution in [0.1, 0.15) is 10.5 Å². The van der Waals surface area contributed by atoms with Gasteiger partial charge in [0, 0.05) is 5.56 Å². The normalized spacial score (nSPS) is 10.2. The number of aromatic amines is 1. The molecule has 2 rings (SSSR count). The number of benzene rings is 1. The highest BCUT2D eigenvalue weighted by atomic mass is 19.1. The average molecular weight is 278 g/mol. The Labute approximate surface area is 113 Å². The minimum atomic E-state index is -0.898. The van der Waals surface area contributed by atoms with Gasteiger partial charge in [-0.05, 0) is 12.1 Å². The van der Waals surface area contributed by atoms with E-state index in [1.54, 1.807) is 6.07 Å². The number of rotatable bonds is 3. The van der Waals surface area contributed by atoms with Crippen molar-refractivity contribution in [1.29, 1.82) is 0 Å². The molecule has 0 saturated heterocycles. The topological polar surface area (TPSA) is 81.3 Å². The molecule has 0 atom stereocenters. The quantitative estimate of drug-likeness (QED) is 0.857. The number of nitrogens with zero attached hydrogens (tertiary/aromatic N) is 1. The number of carbonyl (C=O) groups excluding carboxylic acids is 1. The predicted octanol–water partition coefficient (Wildman–Crippen LogP) is 1.37. The first-order chi connectivity index (χ1) is 9.60. The highest BCUT2D eigenvalue weighted by molar-refractivity contribution is 5.88. The van der Waals surface area contributed by atoms with Crippen LogP contribution in [0.4, 0.5) is 4.39 Å². The van der Waals surface area contributed by atoms with Gasteiger partial charge in [-0.15, -0.1) is 0 Å². The fourth-order valence-electron chi connectivity index (χ4n) is 1.71. The van der Waals surface area contributed by atoms with E-state index in [9.17, 15) is 14.0 Å². The number of aromatic nitrogens is 2. The van der Waals surface area contributed by atoms with E-state index in [-0.39, 0.29) is 17.0 Å². The maximum atomic E-state index is 13.8. The second-order valence-corrected chi connectivity index (χ2v) is 3.78. The Hall–Kier alpha value is -2.70. The van der Waals surface area contributed by atoms with E-state index in [1.807, 2.05) is 0 Å². The van der Waals surface area contributed by atoms with Gasteiger partial charge in [0.2, 0.25) is 5.69 Å². The Morgan fingerprint density at radius 3 is 2.60 bits per heavy atom. The molecule has 1 N–H and O–H groups in total. The van der Waals surface area contributed by atoms with Crippen molar-refractivity contribution < 1.29 is 18.7 Å². The van der Waals surface area contributed by atoms with Crippen molar-refractivity contribution in [3.63, 3.8) is 0 Å². The van der Waals surface area contributed by atoms with Crippen LogP contribution in [0.15, 0.2) is 29.1 Å². The molecule has 0 aliphatic heterocycles. The highest BCUT2D eigenvalue weighted by Gasteiger charge is 2.21. The van der Waals surface area contributed by atoms with Crippen LogP contribution in [-0.4, -0.2) is 30.4 Å². The summed E-state index contributed by atoms with van der Waals surface area (Å²) < 4.78 is 23.1. The molecular formula is C13H11FN2O4. The lowest BCUT2D eigenvalue weighted by Crippen LogP contribution is -2.22. The van der Waals surface area contributed by atoms with Crippen molar-refractivity contribution in [2.45, 2.75) is 0 Å². The van der Waals surface area contributed by atoms with Crippen molar-refractivity contribution in [3.05, 3.63) is 46.0 Å². The Bertz CT molecular complexity index is 712. The Balaban J connectivity index is 2.69. The van der Waals surface area contributed by atoms with E-state index in [2.05, 4.69) is 14.9 Å². The van der Waals surface area contributed by atoms with Crippen LogP contribution < -0.4 is 10.2 Å². The van der Waals surface area contributed by atoms with Crippen LogP contribution in [0.5, 0.6) is 5.75 Å². The number of hydrogen-bond acceptors (Lipinski definition) is 5. The van der Waals surface area contributed by atoms with Gasteiger partial charge >= 0.3 is 5.97 Å². The molecular weight excluding hydrogens is 267 g/mol. The molecule has 0 aliphatic carbocycles. The highest BCUT2D eigenvalue weighted by Crippen LogP contribution is 2.26. The lowest BCUT2D eigenvalue weighted by atomic mass is 10.1. The Morgan fingerprint density at radius 1 is 1.30 bits per heavy atom. The first-order valence-corrected chi connectivity index (χ1v) is 5.60. The number of esters is 1. The molecule has 0 spiro atoms. The zero-order valence-electron chi connectivity index (χ0n) is 10.8. The summed E-state index contributed by atoms with van der Waals surface area (Å²) in [5.41, 5.74) is -1.05. The maximum Gasteiger partial charge on any atom is 0.362 e. The largest absolute Gasteiger partial charge is 0.491 e. The smallest absolute Gasteiger partial charge is 0.362 e. The summed E-state index contributed by atoms with van der Waals surface area (Å²) in [6.07, 6.45) is 0. The number of H-pyrrole nitrogens is 1. The summed E-state index contributed by atoms with van der Waals surface area (Å²) in [6, 6.07) is 5.81. The monoisotopic (exact) mass is 278 g/mol. The van der Waals surface area contributed by atoms with E-state index >= 15 is 0 Å². The second kappa shape index (κ2) is 5.52. The molecule has 1 heterocycles. The molecule has 0 radical (unpaired) electrons. The zero-order chi connectivity index (χ0) is 14.7. The molecule has 0 fully saturated rings. The third-order valence-electron chi connectivity index (χ3n) is 2.65. The fraction of sp³-hybridized carbons (Fsp3) is 0.154. The summed E-state index contributed by atoms with van der Waals surface area (Å²) in [5, 5.41) is 6.07. The number of nitrogens with one attached hydrogen (secondary N) is 1. The lowest BCUT2D eigenvalue weighted by molar-refractivity contribution is 0.0590. The van der Waals surface area contributed by atoms with Gasteiger partial charge in [0.15, 0.2) is 5.75 Å². The van der Waals surface area contributed by atoms with Crippen LogP contribution in [-0.2, 0) is 4.74 Å². The van der Waals surface area contributed by atoms with Gasteiger partial charge in [-0.1, -0.05) is 12.1 Å². The summed E-state index contributed by atoms with van der Waals surface area (Å²) in [6.45, 7) is 0. The zero-order valence-corrected chi connectivity index (χ0v) is 10.8. The van der Waals surface area contributed by atoms with Gasteiger partial charge in [-0.25, -0.2) is 9.18 Å². The molecule has 20 heavy (non-hydrogen) atoms. The Kier molecular flexibility index (Phi) is 3.79. The van der Waals surface area contributed by atoms with Crippen molar-refractivity contribution in [3.8, 4) is 17.0 Å². The molecule has 6 nitrogen and oxygen atoms in total. The van der Waals surface area contributed by atoms with Gasteiger partial charge < -0.3 is 9.47 Å². The SMILES string of the molecule is COC(=O)c1n[nH]c(-c2ccccc2F)c(OC)c1=O. The number of ether oxygens (including phenoxy) is 2. The lowest BCUT2D eigenvalue weighted by Gasteiger charge is -2.09. The van der Waals surface area contributed by atoms with E-state index in [4.69, 9.17) is 4.74 Å². The number of carbonyl (C=O) groups is 1. The molecule has 0 aliphatic rings. The van der Waals surface area contributed by atoms with Crippen molar-refractivity contribution in [2.24, 2.45) is 0 Å². The molecule has 2 aromatic rings. The summed E-state index contributed by atoms with van der Waals surface area (Å²) >= 11 is 0. The summed E-state index contributed by atoms with van der Waals surface area (Å²) in [7, 11) is 2.37. The van der Waals surface area contributed by atoms with Crippen LogP contribution >= 0.6 is 0 Å². The van der Waals surface area contributed by atoms with E-state index in [1.165, 1.54) is 25.3 Å². The third-order valence-corrected chi connectivity index (χ3v) is 2.65. The average Bonchev–Trinajstić information content (AvgIpc) is 2.46. The van der Waals surface area contributed by atoms with Gasteiger partial charge in [0.25, 0.3) is 5.43 Å².